The molecule has 10 heteroatoms. The molecule has 0 amide bonds. The normalized spacial score (nSPS) is 11.2. The minimum absolute atomic E-state index is 0. The Morgan fingerprint density at radius 3 is 1.11 bits per heavy atom. The largest absolute Gasteiger partial charge is 1.00 e. The molecular weight excluding hydrogens is 302 g/mol. The zero-order valence-corrected chi connectivity index (χ0v) is 15.6. The van der Waals surface area contributed by atoms with Crippen molar-refractivity contribution in [3.05, 3.63) is 35.4 Å². The van der Waals surface area contributed by atoms with Crippen molar-refractivity contribution in [1.29, 1.82) is 0 Å². The third-order valence-electron chi connectivity index (χ3n) is 1.71. The van der Waals surface area contributed by atoms with Crippen LogP contribution in [0.15, 0.2) is 24.3 Å². The van der Waals surface area contributed by atoms with Gasteiger partial charge in [0.05, 0.1) is 31.7 Å². The van der Waals surface area contributed by atoms with E-state index in [-0.39, 0.29) is 70.2 Å². The summed E-state index contributed by atoms with van der Waals surface area (Å²) < 4.78 is 62.5. The predicted octanol–water partition coefficient (Wildman–Crippen LogP) is -6.21. The first-order chi connectivity index (χ1) is 7.16. The molecule has 0 fully saturated rings. The van der Waals surface area contributed by atoms with E-state index in [1.807, 2.05) is 0 Å². The number of rotatable bonds is 4. The molecule has 0 saturated carbocycles. The van der Waals surface area contributed by atoms with E-state index in [1.54, 1.807) is 0 Å². The number of benzene rings is 1. The van der Waals surface area contributed by atoms with E-state index in [0.717, 1.165) is 0 Å². The Morgan fingerprint density at radius 1 is 0.722 bits per heavy atom. The Bertz CT molecular complexity index is 511. The third-order valence-corrected chi connectivity index (χ3v) is 3.08. The third kappa shape index (κ3) is 9.90. The van der Waals surface area contributed by atoms with Crippen molar-refractivity contribution in [2.24, 2.45) is 0 Å². The fourth-order valence-electron chi connectivity index (χ4n) is 1.14. The molecule has 0 saturated heterocycles. The van der Waals surface area contributed by atoms with E-state index in [9.17, 15) is 25.9 Å². The van der Waals surface area contributed by atoms with Crippen LogP contribution in [0.3, 0.4) is 0 Å². The molecule has 18 heavy (non-hydrogen) atoms. The Labute approximate surface area is 150 Å². The Balaban J connectivity index is 0. The Kier molecular flexibility index (Phi) is 9.90. The van der Waals surface area contributed by atoms with Gasteiger partial charge in [-0.2, -0.15) is 0 Å². The van der Waals surface area contributed by atoms with Gasteiger partial charge < -0.3 is 9.11 Å². The van der Waals surface area contributed by atoms with E-state index in [4.69, 9.17) is 0 Å². The molecule has 0 unspecified atom stereocenters. The molecule has 1 aromatic carbocycles. The van der Waals surface area contributed by atoms with Gasteiger partial charge in [0.15, 0.2) is 0 Å². The van der Waals surface area contributed by atoms with Crippen LogP contribution in [-0.2, 0) is 31.7 Å². The van der Waals surface area contributed by atoms with Crippen molar-refractivity contribution in [3.8, 4) is 0 Å². The molecule has 0 aliphatic rings. The summed E-state index contributed by atoms with van der Waals surface area (Å²) in [5.74, 6) is -1.31. The van der Waals surface area contributed by atoms with Gasteiger partial charge in [0.25, 0.3) is 0 Å². The van der Waals surface area contributed by atoms with E-state index < -0.39 is 31.7 Å². The van der Waals surface area contributed by atoms with Crippen LogP contribution in [-0.4, -0.2) is 25.9 Å². The SMILES string of the molecule is O=S(=O)([O-])Cc1ccc(CS(=O)(=O)[O-])cc1.[Na+].[Na+]. The summed E-state index contributed by atoms with van der Waals surface area (Å²) >= 11 is 0. The zero-order valence-electron chi connectivity index (χ0n) is 9.99. The minimum atomic E-state index is -4.36. The van der Waals surface area contributed by atoms with Gasteiger partial charge in [-0.05, 0) is 11.1 Å². The molecule has 0 radical (unpaired) electrons. The average Bonchev–Trinajstić information content (AvgIpc) is 2.03. The number of hydrogen-bond donors (Lipinski definition) is 0. The maximum Gasteiger partial charge on any atom is 1.00 e. The molecule has 0 aliphatic heterocycles. The second-order valence-electron chi connectivity index (χ2n) is 3.22. The molecule has 0 aliphatic carbocycles. The first-order valence-electron chi connectivity index (χ1n) is 4.11. The van der Waals surface area contributed by atoms with E-state index in [1.165, 1.54) is 24.3 Å². The molecular formula is C8H8Na2O6S2. The van der Waals surface area contributed by atoms with Gasteiger partial charge in [-0.25, -0.2) is 16.8 Å². The standard InChI is InChI=1S/C8H10O6S2.2Na/c9-15(10,11)5-7-1-2-8(4-3-7)6-16(12,13)14;;/h1-4H,5-6H2,(H,9,10,11)(H,12,13,14);;/q;2*+1/p-2. The maximum atomic E-state index is 10.4. The Morgan fingerprint density at radius 2 is 0.944 bits per heavy atom. The van der Waals surface area contributed by atoms with Crippen molar-refractivity contribution >= 4 is 20.2 Å². The molecule has 6 nitrogen and oxygen atoms in total. The Hall–Kier alpha value is 1.04. The molecule has 0 aromatic heterocycles. The van der Waals surface area contributed by atoms with Crippen LogP contribution in [0.25, 0.3) is 0 Å². The van der Waals surface area contributed by atoms with E-state index >= 15 is 0 Å². The summed E-state index contributed by atoms with van der Waals surface area (Å²) in [6.07, 6.45) is 0. The van der Waals surface area contributed by atoms with Gasteiger partial charge in [0, 0.05) is 0 Å². The maximum absolute atomic E-state index is 10.4. The smallest absolute Gasteiger partial charge is 0.748 e. The monoisotopic (exact) mass is 310 g/mol. The van der Waals surface area contributed by atoms with Crippen molar-refractivity contribution < 1.29 is 85.1 Å². The second kappa shape index (κ2) is 8.35. The van der Waals surface area contributed by atoms with Crippen LogP contribution < -0.4 is 59.1 Å². The first kappa shape index (κ1) is 21.3. The van der Waals surface area contributed by atoms with Crippen molar-refractivity contribution in [1.82, 2.24) is 0 Å². The van der Waals surface area contributed by atoms with Crippen LogP contribution in [0.4, 0.5) is 0 Å². The van der Waals surface area contributed by atoms with Gasteiger partial charge in [0.1, 0.15) is 0 Å². The average molecular weight is 310 g/mol. The molecule has 0 bridgehead atoms. The summed E-state index contributed by atoms with van der Waals surface area (Å²) in [5, 5.41) is 0. The van der Waals surface area contributed by atoms with Crippen LogP contribution in [0, 0.1) is 0 Å². The number of hydrogen-bond acceptors (Lipinski definition) is 6. The van der Waals surface area contributed by atoms with Crippen molar-refractivity contribution in [2.75, 3.05) is 0 Å². The molecule has 0 spiro atoms. The first-order valence-corrected chi connectivity index (χ1v) is 7.26. The van der Waals surface area contributed by atoms with Gasteiger partial charge in [-0.3, -0.25) is 0 Å². The van der Waals surface area contributed by atoms with Gasteiger partial charge >= 0.3 is 59.1 Å². The quantitative estimate of drug-likeness (QED) is 0.404. The fraction of sp³-hybridized carbons (Fsp3) is 0.250. The minimum Gasteiger partial charge on any atom is -0.748 e. The predicted molar refractivity (Wildman–Crippen MR) is 53.2 cm³/mol. The molecule has 90 valence electrons. The van der Waals surface area contributed by atoms with Crippen LogP contribution in [0.5, 0.6) is 0 Å². The molecule has 0 N–H and O–H groups in total. The van der Waals surface area contributed by atoms with Gasteiger partial charge in [-0.1, -0.05) is 24.3 Å². The molecule has 1 rings (SSSR count). The zero-order chi connectivity index (χ0) is 12.4. The van der Waals surface area contributed by atoms with Crippen molar-refractivity contribution in [3.63, 3.8) is 0 Å². The van der Waals surface area contributed by atoms with Gasteiger partial charge in [0.2, 0.25) is 0 Å². The van der Waals surface area contributed by atoms with Crippen LogP contribution in [0.2, 0.25) is 0 Å². The van der Waals surface area contributed by atoms with Gasteiger partial charge in [-0.15, -0.1) is 0 Å². The van der Waals surface area contributed by atoms with Crippen LogP contribution in [0.1, 0.15) is 11.1 Å². The molecule has 0 heterocycles. The summed E-state index contributed by atoms with van der Waals surface area (Å²) in [5.41, 5.74) is 0.504. The van der Waals surface area contributed by atoms with E-state index in [0.29, 0.717) is 0 Å². The van der Waals surface area contributed by atoms with E-state index in [2.05, 4.69) is 0 Å². The topological polar surface area (TPSA) is 114 Å². The second-order valence-corrected chi connectivity index (χ2v) is 6.03. The van der Waals surface area contributed by atoms with Crippen LogP contribution >= 0.6 is 0 Å². The summed E-state index contributed by atoms with van der Waals surface area (Å²) in [6, 6.07) is 5.21. The molecule has 0 atom stereocenters. The molecule has 1 aromatic rings. The fourth-order valence-corrected chi connectivity index (χ4v) is 2.34. The summed E-state index contributed by atoms with van der Waals surface area (Å²) in [6.45, 7) is 0. The van der Waals surface area contributed by atoms with Crippen molar-refractivity contribution in [2.45, 2.75) is 11.5 Å². The summed E-state index contributed by atoms with van der Waals surface area (Å²) in [7, 11) is -8.71. The summed E-state index contributed by atoms with van der Waals surface area (Å²) in [4.78, 5) is 0.